The van der Waals surface area contributed by atoms with Gasteiger partial charge in [-0.1, -0.05) is 6.07 Å². The minimum atomic E-state index is -0.198. The molecule has 1 aromatic carbocycles. The van der Waals surface area contributed by atoms with Crippen molar-refractivity contribution in [2.24, 2.45) is 5.73 Å². The van der Waals surface area contributed by atoms with Crippen molar-refractivity contribution in [1.82, 2.24) is 15.2 Å². The van der Waals surface area contributed by atoms with E-state index >= 15 is 0 Å². The van der Waals surface area contributed by atoms with Crippen LogP contribution in [0.15, 0.2) is 18.2 Å². The number of hydrogen-bond acceptors (Lipinski definition) is 6. The van der Waals surface area contributed by atoms with Crippen LogP contribution in [0.1, 0.15) is 12.8 Å². The fourth-order valence-electron chi connectivity index (χ4n) is 2.34. The van der Waals surface area contributed by atoms with Crippen LogP contribution in [-0.4, -0.2) is 44.5 Å². The van der Waals surface area contributed by atoms with Crippen LogP contribution in [0.2, 0.25) is 0 Å². The number of hydrogen-bond donors (Lipinski definition) is 4. The number of H-pyrrole nitrogens is 1. The fraction of sp³-hybridized carbons (Fsp3) is 0.385. The summed E-state index contributed by atoms with van der Waals surface area (Å²) in [7, 11) is 0. The average molecular weight is 275 g/mol. The van der Waals surface area contributed by atoms with E-state index in [2.05, 4.69) is 20.1 Å². The molecule has 106 valence electrons. The number of nitrogens with one attached hydrogen (secondary N) is 1. The van der Waals surface area contributed by atoms with Crippen LogP contribution in [0.25, 0.3) is 11.4 Å². The number of aromatic nitrogens is 3. The molecule has 0 atom stereocenters. The van der Waals surface area contributed by atoms with Gasteiger partial charge >= 0.3 is 0 Å². The molecule has 1 fully saturated rings. The summed E-state index contributed by atoms with van der Waals surface area (Å²) in [6.45, 7) is 1.65. The second kappa shape index (κ2) is 5.01. The zero-order chi connectivity index (χ0) is 14.1. The van der Waals surface area contributed by atoms with Crippen molar-refractivity contribution >= 4 is 5.95 Å². The standard InChI is InChI=1S/C13H17N5O2/c14-8-4-6-18(7-5-8)13-15-12(16-17-13)9-2-1-3-10(19)11(9)20/h1-3,8,19-20H,4-7,14H2,(H,15,16,17). The van der Waals surface area contributed by atoms with Crippen LogP contribution < -0.4 is 10.6 Å². The highest BCUT2D eigenvalue weighted by Gasteiger charge is 2.20. The molecule has 2 heterocycles. The van der Waals surface area contributed by atoms with Gasteiger partial charge in [0, 0.05) is 19.1 Å². The first kappa shape index (κ1) is 12.7. The molecule has 5 N–H and O–H groups in total. The third-order valence-electron chi connectivity index (χ3n) is 3.57. The maximum Gasteiger partial charge on any atom is 0.245 e. The Morgan fingerprint density at radius 1 is 1.25 bits per heavy atom. The molecular formula is C13H17N5O2. The lowest BCUT2D eigenvalue weighted by Crippen LogP contribution is -2.40. The zero-order valence-electron chi connectivity index (χ0n) is 11.0. The highest BCUT2D eigenvalue weighted by Crippen LogP contribution is 2.34. The molecule has 7 nitrogen and oxygen atoms in total. The van der Waals surface area contributed by atoms with Crippen LogP contribution in [0, 0.1) is 0 Å². The van der Waals surface area contributed by atoms with Crippen LogP contribution in [-0.2, 0) is 0 Å². The Morgan fingerprint density at radius 2 is 2.00 bits per heavy atom. The third kappa shape index (κ3) is 2.27. The van der Waals surface area contributed by atoms with Crippen molar-refractivity contribution in [2.45, 2.75) is 18.9 Å². The first-order chi connectivity index (χ1) is 9.65. The summed E-state index contributed by atoms with van der Waals surface area (Å²) >= 11 is 0. The van der Waals surface area contributed by atoms with Crippen LogP contribution >= 0.6 is 0 Å². The largest absolute Gasteiger partial charge is 0.504 e. The van der Waals surface area contributed by atoms with Crippen LogP contribution in [0.4, 0.5) is 5.95 Å². The summed E-state index contributed by atoms with van der Waals surface area (Å²) in [4.78, 5) is 6.44. The number of aromatic hydroxyl groups is 2. The molecular weight excluding hydrogens is 258 g/mol. The lowest BCUT2D eigenvalue weighted by molar-refractivity contribution is 0.405. The van der Waals surface area contributed by atoms with Crippen molar-refractivity contribution in [2.75, 3.05) is 18.0 Å². The van der Waals surface area contributed by atoms with E-state index in [-0.39, 0.29) is 17.5 Å². The molecule has 0 saturated carbocycles. The van der Waals surface area contributed by atoms with E-state index < -0.39 is 0 Å². The highest BCUT2D eigenvalue weighted by atomic mass is 16.3. The van der Waals surface area contributed by atoms with Gasteiger partial charge in [0.25, 0.3) is 0 Å². The number of benzene rings is 1. The number of nitrogens with two attached hydrogens (primary N) is 1. The lowest BCUT2D eigenvalue weighted by atomic mass is 10.1. The van der Waals surface area contributed by atoms with Gasteiger partial charge in [-0.25, -0.2) is 0 Å². The highest BCUT2D eigenvalue weighted by molar-refractivity contribution is 5.68. The lowest BCUT2D eigenvalue weighted by Gasteiger charge is -2.28. The summed E-state index contributed by atoms with van der Waals surface area (Å²) in [6, 6.07) is 4.99. The van der Waals surface area contributed by atoms with E-state index in [1.165, 1.54) is 6.07 Å². The number of aromatic amines is 1. The minimum absolute atomic E-state index is 0.176. The fourth-order valence-corrected chi connectivity index (χ4v) is 2.34. The molecule has 0 aliphatic carbocycles. The van der Waals surface area contributed by atoms with Gasteiger partial charge in [0.15, 0.2) is 17.3 Å². The minimum Gasteiger partial charge on any atom is -0.504 e. The molecule has 7 heteroatoms. The Balaban J connectivity index is 1.85. The molecule has 1 aliphatic rings. The molecule has 3 rings (SSSR count). The predicted octanol–water partition coefficient (Wildman–Crippen LogP) is 0.810. The van der Waals surface area contributed by atoms with Gasteiger partial charge in [0.05, 0.1) is 5.56 Å². The van der Waals surface area contributed by atoms with Gasteiger partial charge < -0.3 is 20.8 Å². The maximum absolute atomic E-state index is 9.84. The van der Waals surface area contributed by atoms with Crippen molar-refractivity contribution < 1.29 is 10.2 Å². The van der Waals surface area contributed by atoms with Gasteiger partial charge in [-0.3, -0.25) is 5.10 Å². The molecule has 1 aliphatic heterocycles. The number of phenolic OH excluding ortho intramolecular Hbond substituents is 2. The molecule has 0 unspecified atom stereocenters. The second-order valence-electron chi connectivity index (χ2n) is 4.98. The molecule has 0 spiro atoms. The Morgan fingerprint density at radius 3 is 2.75 bits per heavy atom. The number of rotatable bonds is 2. The Kier molecular flexibility index (Phi) is 3.19. The van der Waals surface area contributed by atoms with E-state index in [4.69, 9.17) is 5.73 Å². The van der Waals surface area contributed by atoms with Crippen LogP contribution in [0.3, 0.4) is 0 Å². The van der Waals surface area contributed by atoms with E-state index in [0.717, 1.165) is 25.9 Å². The van der Waals surface area contributed by atoms with Crippen molar-refractivity contribution in [3.8, 4) is 22.9 Å². The van der Waals surface area contributed by atoms with E-state index in [1.54, 1.807) is 12.1 Å². The SMILES string of the molecule is NC1CCN(c2n[nH]c(-c3cccc(O)c3O)n2)CC1. The quantitative estimate of drug-likeness (QED) is 0.604. The van der Waals surface area contributed by atoms with Crippen LogP contribution in [0.5, 0.6) is 11.5 Å². The van der Waals surface area contributed by atoms with E-state index in [0.29, 0.717) is 17.3 Å². The average Bonchev–Trinajstić information content (AvgIpc) is 2.92. The maximum atomic E-state index is 9.84. The number of piperidine rings is 1. The van der Waals surface area contributed by atoms with Gasteiger partial charge in [0.1, 0.15) is 0 Å². The summed E-state index contributed by atoms with van der Waals surface area (Å²) < 4.78 is 0. The summed E-state index contributed by atoms with van der Waals surface area (Å²) in [6.07, 6.45) is 1.84. The second-order valence-corrected chi connectivity index (χ2v) is 4.98. The summed E-state index contributed by atoms with van der Waals surface area (Å²) in [5, 5.41) is 26.3. The molecule has 0 amide bonds. The molecule has 0 bridgehead atoms. The predicted molar refractivity (Wildman–Crippen MR) is 74.6 cm³/mol. The molecule has 1 saturated heterocycles. The van der Waals surface area contributed by atoms with Gasteiger partial charge in [-0.2, -0.15) is 4.98 Å². The Hall–Kier alpha value is -2.28. The number of nitrogens with zero attached hydrogens (tertiary/aromatic N) is 3. The molecule has 20 heavy (non-hydrogen) atoms. The summed E-state index contributed by atoms with van der Waals surface area (Å²) in [5.74, 6) is 0.651. The van der Waals surface area contributed by atoms with Gasteiger partial charge in [-0.05, 0) is 25.0 Å². The van der Waals surface area contributed by atoms with E-state index in [9.17, 15) is 10.2 Å². The van der Waals surface area contributed by atoms with Gasteiger partial charge in [0.2, 0.25) is 5.95 Å². The van der Waals surface area contributed by atoms with Crippen molar-refractivity contribution in [1.29, 1.82) is 0 Å². The van der Waals surface area contributed by atoms with E-state index in [1.807, 2.05) is 0 Å². The molecule has 1 aromatic heterocycles. The Labute approximate surface area is 116 Å². The zero-order valence-corrected chi connectivity index (χ0v) is 11.0. The monoisotopic (exact) mass is 275 g/mol. The molecule has 2 aromatic rings. The number of anilines is 1. The first-order valence-electron chi connectivity index (χ1n) is 6.59. The molecule has 0 radical (unpaired) electrons. The Bertz CT molecular complexity index is 605. The van der Waals surface area contributed by atoms with Crippen molar-refractivity contribution in [3.05, 3.63) is 18.2 Å². The normalized spacial score (nSPS) is 16.6. The number of phenols is 2. The summed E-state index contributed by atoms with van der Waals surface area (Å²) in [5.41, 5.74) is 6.30. The number of para-hydroxylation sites is 1. The third-order valence-corrected chi connectivity index (χ3v) is 3.57. The smallest absolute Gasteiger partial charge is 0.245 e. The topological polar surface area (TPSA) is 111 Å². The van der Waals surface area contributed by atoms with Crippen molar-refractivity contribution in [3.63, 3.8) is 0 Å². The first-order valence-corrected chi connectivity index (χ1v) is 6.59. The van der Waals surface area contributed by atoms with Gasteiger partial charge in [-0.15, -0.1) is 5.10 Å².